The zero-order valence-electron chi connectivity index (χ0n) is 65.3. The van der Waals surface area contributed by atoms with E-state index in [2.05, 4.69) is 251 Å². The first kappa shape index (κ1) is 77.8. The van der Waals surface area contributed by atoms with Crippen molar-refractivity contribution in [2.24, 2.45) is 0 Å². The molecule has 0 radical (unpaired) electrons. The van der Waals surface area contributed by atoms with Crippen molar-refractivity contribution in [2.45, 2.75) is 156 Å². The standard InChI is InChI=1S/C45H45B2N3O4.C33H21Br2N3.C12H24B2O4/c1-42(2)43(3,4)52-46(51-42)37-27-36(28-38(29-37)47-53-44(5,6)45(7,8)54-47)41-49-39(34-23-19-32(20-24-34)30-15-11-9-12-16-30)48-40(50-41)35-25-21-33(22-26-35)31-17-13-10-14-18-31;34-29-19-28(20-30(35)21-29)33-37-31(26-15-11-24(12-16-26)22-7-3-1-4-8-22)36-32(38-33)27-17-13-25(14-18-27)23-9-5-2-6-10-23;1-9(2)10(3,4)16-13(15-9)14-17-11(5,6)12(7,8)18-14/h9-29H,1-8H3;1-21H;1-8H3. The molecule has 20 heteroatoms. The average molecular weight is 1590 g/mol. The lowest BCUT2D eigenvalue weighted by molar-refractivity contribution is 0.00578. The van der Waals surface area contributed by atoms with E-state index in [-0.39, 0.29) is 22.4 Å². The summed E-state index contributed by atoms with van der Waals surface area (Å²) in [5, 5.41) is 0. The van der Waals surface area contributed by atoms with Crippen molar-refractivity contribution in [3.63, 3.8) is 0 Å². The quantitative estimate of drug-likeness (QED) is 0.101. The van der Waals surface area contributed by atoms with Gasteiger partial charge in [-0.2, -0.15) is 0 Å². The van der Waals surface area contributed by atoms with E-state index >= 15 is 0 Å². The fraction of sp³-hybridized carbons (Fsp3) is 0.267. The second-order valence-corrected chi connectivity index (χ2v) is 34.2. The minimum Gasteiger partial charge on any atom is -0.405 e. The second-order valence-electron chi connectivity index (χ2n) is 32.4. The van der Waals surface area contributed by atoms with Crippen LogP contribution in [0, 0.1) is 0 Å². The molecule has 10 aromatic carbocycles. The number of nitrogens with zero attached hydrogens (tertiary/aromatic N) is 6. The summed E-state index contributed by atoms with van der Waals surface area (Å²) in [7, 11) is -2.19. The Morgan fingerprint density at radius 1 is 0.200 bits per heavy atom. The van der Waals surface area contributed by atoms with Crippen molar-refractivity contribution in [2.75, 3.05) is 0 Å². The molecule has 0 amide bonds. The molecule has 110 heavy (non-hydrogen) atoms. The molecule has 4 fully saturated rings. The Balaban J connectivity index is 0.000000155. The molecule has 0 bridgehead atoms. The van der Waals surface area contributed by atoms with Crippen molar-refractivity contribution in [1.29, 1.82) is 0 Å². The van der Waals surface area contributed by atoms with Crippen molar-refractivity contribution in [1.82, 2.24) is 29.9 Å². The molecule has 0 saturated carbocycles. The number of hydrogen-bond acceptors (Lipinski definition) is 14. The van der Waals surface area contributed by atoms with Crippen LogP contribution in [0.2, 0.25) is 0 Å². The molecular formula is C90H90B4Br2N6O8. The van der Waals surface area contributed by atoms with Crippen LogP contribution in [0.15, 0.2) is 264 Å². The number of benzene rings is 10. The van der Waals surface area contributed by atoms with E-state index in [0.717, 1.165) is 86.6 Å². The Morgan fingerprint density at radius 2 is 0.382 bits per heavy atom. The van der Waals surface area contributed by atoms with Crippen LogP contribution in [0.5, 0.6) is 0 Å². The molecule has 0 N–H and O–H groups in total. The van der Waals surface area contributed by atoms with E-state index in [1.165, 1.54) is 11.1 Å². The fourth-order valence-corrected chi connectivity index (χ4v) is 14.3. The first-order valence-electron chi connectivity index (χ1n) is 37.4. The molecule has 12 aromatic rings. The van der Waals surface area contributed by atoms with E-state index in [1.54, 1.807) is 0 Å². The monoisotopic (exact) mass is 1580 g/mol. The highest BCUT2D eigenvalue weighted by Gasteiger charge is 2.64. The van der Waals surface area contributed by atoms with Crippen LogP contribution in [0.25, 0.3) is 113 Å². The normalized spacial score (nSPS) is 17.9. The van der Waals surface area contributed by atoms with E-state index in [1.807, 2.05) is 146 Å². The molecule has 0 atom stereocenters. The van der Waals surface area contributed by atoms with E-state index in [0.29, 0.717) is 34.9 Å². The van der Waals surface area contributed by atoms with Crippen LogP contribution in [-0.2, 0) is 37.2 Å². The maximum Gasteiger partial charge on any atom is 0.494 e. The third-order valence-corrected chi connectivity index (χ3v) is 23.4. The summed E-state index contributed by atoms with van der Waals surface area (Å²) >= 11 is 7.19. The maximum absolute atomic E-state index is 6.56. The lowest BCUT2D eigenvalue weighted by atomic mass is 9.49. The van der Waals surface area contributed by atoms with Gasteiger partial charge in [0.25, 0.3) is 0 Å². The van der Waals surface area contributed by atoms with Crippen molar-refractivity contribution in [3.8, 4) is 113 Å². The highest BCUT2D eigenvalue weighted by atomic mass is 79.9. The summed E-state index contributed by atoms with van der Waals surface area (Å²) in [6, 6.07) is 87.0. The van der Waals surface area contributed by atoms with E-state index in [4.69, 9.17) is 67.1 Å². The summed E-state index contributed by atoms with van der Waals surface area (Å²) in [6.07, 6.45) is 0. The molecule has 6 heterocycles. The summed E-state index contributed by atoms with van der Waals surface area (Å²) in [4.78, 5) is 30.0. The van der Waals surface area contributed by atoms with E-state index < -0.39 is 50.7 Å². The van der Waals surface area contributed by atoms with Crippen molar-refractivity contribution in [3.05, 3.63) is 264 Å². The minimum atomic E-state index is -0.618. The van der Waals surface area contributed by atoms with Gasteiger partial charge in [0.05, 0.1) is 44.8 Å². The summed E-state index contributed by atoms with van der Waals surface area (Å²) in [6.45, 7) is 32.7. The predicted molar refractivity (Wildman–Crippen MR) is 453 cm³/mol. The number of rotatable bonds is 13. The zero-order chi connectivity index (χ0) is 77.8. The van der Waals surface area contributed by atoms with Gasteiger partial charge in [0.1, 0.15) is 0 Å². The Bertz CT molecular complexity index is 4890. The predicted octanol–water partition coefficient (Wildman–Crippen LogP) is 20.8. The van der Waals surface area contributed by atoms with Gasteiger partial charge in [-0.1, -0.05) is 268 Å². The maximum atomic E-state index is 6.56. The first-order valence-corrected chi connectivity index (χ1v) is 39.0. The Kier molecular flexibility index (Phi) is 21.7. The molecule has 0 spiro atoms. The van der Waals surface area contributed by atoms with Crippen LogP contribution in [0.1, 0.15) is 111 Å². The molecule has 0 unspecified atom stereocenters. The molecule has 4 aliphatic rings. The molecule has 2 aromatic heterocycles. The molecule has 0 aliphatic carbocycles. The van der Waals surface area contributed by atoms with Crippen LogP contribution < -0.4 is 10.9 Å². The van der Waals surface area contributed by atoms with Gasteiger partial charge in [-0.05, 0) is 184 Å². The highest BCUT2D eigenvalue weighted by molar-refractivity contribution is 9.11. The van der Waals surface area contributed by atoms with Gasteiger partial charge >= 0.3 is 28.3 Å². The molecule has 14 nitrogen and oxygen atoms in total. The Hall–Kier alpha value is -8.88. The Labute approximate surface area is 665 Å². The summed E-state index contributed by atoms with van der Waals surface area (Å²) in [5.74, 6) is 3.54. The minimum absolute atomic E-state index is 0.360. The molecule has 554 valence electrons. The SMILES string of the molecule is Brc1cc(Br)cc(-c2nc(-c3ccc(-c4ccccc4)cc3)nc(-c3ccc(-c4ccccc4)cc3)n2)c1.CC1(C)OB(B2OC(C)(C)C(C)(C)O2)OC1(C)C.CC1(C)OB(c2cc(B3OC(C)(C)C(C)(C)O3)cc(-c3nc(-c4ccc(-c5ccccc5)cc4)nc(-c4ccc(-c5ccccc5)cc4)n3)c2)OC1(C)C. The summed E-state index contributed by atoms with van der Waals surface area (Å²) < 4.78 is 52.0. The van der Waals surface area contributed by atoms with Crippen LogP contribution in [-0.4, -0.2) is 103 Å². The van der Waals surface area contributed by atoms with Gasteiger partial charge in [-0.15, -0.1) is 0 Å². The molecule has 4 aliphatic heterocycles. The molecular weight excluding hydrogens is 1500 g/mol. The zero-order valence-corrected chi connectivity index (χ0v) is 68.4. The van der Waals surface area contributed by atoms with E-state index in [9.17, 15) is 0 Å². The fourth-order valence-electron chi connectivity index (χ4n) is 13.0. The second kappa shape index (κ2) is 30.7. The van der Waals surface area contributed by atoms with Gasteiger partial charge in [0, 0.05) is 42.3 Å². The van der Waals surface area contributed by atoms with Gasteiger partial charge in [-0.25, -0.2) is 29.9 Å². The van der Waals surface area contributed by atoms with Crippen LogP contribution in [0.4, 0.5) is 0 Å². The van der Waals surface area contributed by atoms with Crippen molar-refractivity contribution < 1.29 is 37.2 Å². The summed E-state index contributed by atoms with van der Waals surface area (Å²) in [5.41, 5.74) is 12.6. The Morgan fingerprint density at radius 3 is 0.609 bits per heavy atom. The lowest BCUT2D eigenvalue weighted by Crippen LogP contribution is -2.41. The first-order chi connectivity index (χ1) is 52.2. The largest absolute Gasteiger partial charge is 0.494 e. The lowest BCUT2D eigenvalue weighted by Gasteiger charge is -2.32. The smallest absolute Gasteiger partial charge is 0.405 e. The molecule has 16 rings (SSSR count). The third kappa shape index (κ3) is 16.7. The van der Waals surface area contributed by atoms with Gasteiger partial charge < -0.3 is 37.2 Å². The van der Waals surface area contributed by atoms with Crippen LogP contribution in [0.3, 0.4) is 0 Å². The van der Waals surface area contributed by atoms with Crippen molar-refractivity contribution >= 4 is 71.0 Å². The number of hydrogen-bond donors (Lipinski definition) is 0. The van der Waals surface area contributed by atoms with Crippen LogP contribution >= 0.6 is 31.9 Å². The number of halogens is 2. The van der Waals surface area contributed by atoms with Gasteiger partial charge in [-0.3, -0.25) is 0 Å². The van der Waals surface area contributed by atoms with Gasteiger partial charge in [0.15, 0.2) is 34.9 Å². The third-order valence-electron chi connectivity index (χ3n) is 22.4. The highest BCUT2D eigenvalue weighted by Crippen LogP contribution is 2.45. The average Bonchev–Trinajstić information content (AvgIpc) is 1.59. The topological polar surface area (TPSA) is 151 Å². The number of aromatic nitrogens is 6. The molecule has 4 saturated heterocycles. The van der Waals surface area contributed by atoms with Gasteiger partial charge in [0.2, 0.25) is 0 Å².